The molecule has 1 aromatic rings. The summed E-state index contributed by atoms with van der Waals surface area (Å²) in [6.45, 7) is 1.56. The Morgan fingerprint density at radius 1 is 1.05 bits per heavy atom. The van der Waals surface area contributed by atoms with Crippen LogP contribution in [0.1, 0.15) is 12.5 Å². The van der Waals surface area contributed by atoms with Crippen molar-refractivity contribution in [2.24, 2.45) is 0 Å². The van der Waals surface area contributed by atoms with Crippen LogP contribution in [0.3, 0.4) is 0 Å². The highest BCUT2D eigenvalue weighted by atomic mass is 28.3. The van der Waals surface area contributed by atoms with Crippen LogP contribution in [-0.4, -0.2) is 29.9 Å². The van der Waals surface area contributed by atoms with Crippen LogP contribution in [0, 0.1) is 23.3 Å². The average molecular weight is 297 g/mol. The van der Waals surface area contributed by atoms with Crippen LogP contribution in [-0.2, 0) is 19.7 Å². The van der Waals surface area contributed by atoms with Gasteiger partial charge in [0.05, 0.1) is 6.10 Å². The zero-order valence-electron chi connectivity index (χ0n) is 10.6. The van der Waals surface area contributed by atoms with Crippen LogP contribution < -0.4 is 0 Å². The van der Waals surface area contributed by atoms with Crippen molar-refractivity contribution in [2.75, 3.05) is 14.2 Å². The maximum absolute atomic E-state index is 13.4. The molecule has 1 atom stereocenters. The van der Waals surface area contributed by atoms with E-state index < -0.39 is 38.9 Å². The van der Waals surface area contributed by atoms with Gasteiger partial charge in [0.25, 0.3) is 0 Å². The van der Waals surface area contributed by atoms with Gasteiger partial charge in [0, 0.05) is 20.6 Å². The second kappa shape index (κ2) is 6.99. The van der Waals surface area contributed by atoms with Crippen molar-refractivity contribution in [3.63, 3.8) is 0 Å². The Morgan fingerprint density at radius 2 is 1.63 bits per heavy atom. The maximum atomic E-state index is 13.4. The molecule has 8 heteroatoms. The van der Waals surface area contributed by atoms with Gasteiger partial charge in [0.15, 0.2) is 23.3 Å². The Kier molecular flexibility index (Phi) is 5.92. The Balaban J connectivity index is 2.82. The zero-order valence-corrected chi connectivity index (χ0v) is 11.6. The highest BCUT2D eigenvalue weighted by molar-refractivity contribution is 6.36. The fourth-order valence-corrected chi connectivity index (χ4v) is 2.24. The van der Waals surface area contributed by atoms with E-state index in [1.54, 1.807) is 6.92 Å². The second-order valence-electron chi connectivity index (χ2n) is 3.75. The van der Waals surface area contributed by atoms with Crippen molar-refractivity contribution < 1.29 is 30.8 Å². The van der Waals surface area contributed by atoms with Crippen molar-refractivity contribution in [3.8, 4) is 0 Å². The molecule has 1 radical (unpaired) electrons. The van der Waals surface area contributed by atoms with Crippen LogP contribution in [0.25, 0.3) is 0 Å². The van der Waals surface area contributed by atoms with E-state index in [1.807, 2.05) is 0 Å². The minimum absolute atomic E-state index is 0.138. The van der Waals surface area contributed by atoms with Gasteiger partial charge < -0.3 is 13.3 Å². The van der Waals surface area contributed by atoms with Crippen molar-refractivity contribution in [1.29, 1.82) is 0 Å². The van der Waals surface area contributed by atoms with Crippen molar-refractivity contribution >= 4 is 9.53 Å². The molecule has 0 fully saturated rings. The molecule has 0 aliphatic rings. The highest BCUT2D eigenvalue weighted by Gasteiger charge is 2.23. The van der Waals surface area contributed by atoms with Gasteiger partial charge in [-0.1, -0.05) is 0 Å². The maximum Gasteiger partial charge on any atom is 0.577 e. The Morgan fingerprint density at radius 3 is 2.16 bits per heavy atom. The minimum Gasteiger partial charge on any atom is -0.375 e. The lowest BCUT2D eigenvalue weighted by atomic mass is 10.1. The minimum atomic E-state index is -1.97. The molecule has 1 rings (SSSR count). The number of hydrogen-bond donors (Lipinski definition) is 0. The fraction of sp³-hybridized carbons (Fsp3) is 0.455. The van der Waals surface area contributed by atoms with Crippen LogP contribution in [0.5, 0.6) is 0 Å². The van der Waals surface area contributed by atoms with Crippen LogP contribution in [0.2, 0.25) is 0 Å². The zero-order chi connectivity index (χ0) is 14.6. The molecule has 1 aromatic carbocycles. The summed E-state index contributed by atoms with van der Waals surface area (Å²) in [5.41, 5.74) is -0.308. The van der Waals surface area contributed by atoms with Crippen molar-refractivity contribution in [3.05, 3.63) is 34.9 Å². The first-order valence-corrected chi connectivity index (χ1v) is 6.56. The van der Waals surface area contributed by atoms with Crippen LogP contribution in [0.4, 0.5) is 17.6 Å². The highest BCUT2D eigenvalue weighted by Crippen LogP contribution is 2.20. The third-order valence-corrected chi connectivity index (χ3v) is 3.58. The van der Waals surface area contributed by atoms with Gasteiger partial charge in [0.2, 0.25) is 0 Å². The number of benzene rings is 1. The molecule has 0 saturated heterocycles. The summed E-state index contributed by atoms with van der Waals surface area (Å²) in [5.74, 6) is -6.51. The van der Waals surface area contributed by atoms with E-state index in [0.29, 0.717) is 6.07 Å². The first kappa shape index (κ1) is 16.1. The molecular weight excluding hydrogens is 284 g/mol. The molecule has 0 heterocycles. The predicted octanol–water partition coefficient (Wildman–Crippen LogP) is 2.47. The predicted molar refractivity (Wildman–Crippen MR) is 60.3 cm³/mol. The van der Waals surface area contributed by atoms with Gasteiger partial charge in [-0.25, -0.2) is 17.6 Å². The van der Waals surface area contributed by atoms with Crippen molar-refractivity contribution in [2.45, 2.75) is 19.4 Å². The first-order valence-electron chi connectivity index (χ1n) is 5.34. The van der Waals surface area contributed by atoms with E-state index in [2.05, 4.69) is 0 Å². The molecule has 0 saturated carbocycles. The molecule has 0 aromatic heterocycles. The summed E-state index contributed by atoms with van der Waals surface area (Å²) in [4.78, 5) is 0. The first-order chi connectivity index (χ1) is 8.90. The summed E-state index contributed by atoms with van der Waals surface area (Å²) in [6, 6.07) is 0.611. The molecule has 0 bridgehead atoms. The molecule has 3 nitrogen and oxygen atoms in total. The number of hydrogen-bond acceptors (Lipinski definition) is 3. The average Bonchev–Trinajstić information content (AvgIpc) is 2.39. The standard InChI is InChI=1S/C11H13F4O3Si/c1-6(18-19(16-2)17-3)4-7-5-8(12)10(14)11(15)9(7)13/h5-6H,4H2,1-3H3. The monoisotopic (exact) mass is 297 g/mol. The van der Waals surface area contributed by atoms with Gasteiger partial charge in [0.1, 0.15) is 0 Å². The molecule has 0 aliphatic heterocycles. The third kappa shape index (κ3) is 4.00. The summed E-state index contributed by atoms with van der Waals surface area (Å²) >= 11 is 0. The van der Waals surface area contributed by atoms with E-state index >= 15 is 0 Å². The molecule has 19 heavy (non-hydrogen) atoms. The number of halogens is 4. The SMILES string of the molecule is CO[Si](OC)OC(C)Cc1cc(F)c(F)c(F)c1F. The van der Waals surface area contributed by atoms with Gasteiger partial charge in [-0.05, 0) is 18.6 Å². The topological polar surface area (TPSA) is 27.7 Å². The molecule has 0 amide bonds. The summed E-state index contributed by atoms with van der Waals surface area (Å²) in [6.07, 6.45) is -0.742. The molecule has 0 N–H and O–H groups in total. The molecular formula is C11H13F4O3Si. The molecule has 1 unspecified atom stereocenters. The van der Waals surface area contributed by atoms with E-state index in [1.165, 1.54) is 14.2 Å². The quantitative estimate of drug-likeness (QED) is 0.349. The third-order valence-electron chi connectivity index (χ3n) is 2.32. The van der Waals surface area contributed by atoms with E-state index in [4.69, 9.17) is 13.3 Å². The lowest BCUT2D eigenvalue weighted by Gasteiger charge is -2.17. The molecule has 0 spiro atoms. The Labute approximate surface area is 110 Å². The lowest BCUT2D eigenvalue weighted by molar-refractivity contribution is 0.0945. The van der Waals surface area contributed by atoms with E-state index in [-0.39, 0.29) is 12.0 Å². The van der Waals surface area contributed by atoms with Gasteiger partial charge in [-0.3, -0.25) is 0 Å². The molecule has 0 aliphatic carbocycles. The Hall–Kier alpha value is -0.963. The second-order valence-corrected chi connectivity index (χ2v) is 5.30. The normalized spacial score (nSPS) is 13.1. The van der Waals surface area contributed by atoms with E-state index in [0.717, 1.165) is 0 Å². The summed E-state index contributed by atoms with van der Waals surface area (Å²) < 4.78 is 67.2. The fourth-order valence-electron chi connectivity index (χ4n) is 1.47. The summed E-state index contributed by atoms with van der Waals surface area (Å²) in [5, 5.41) is 0. The van der Waals surface area contributed by atoms with Crippen LogP contribution in [0.15, 0.2) is 6.07 Å². The van der Waals surface area contributed by atoms with Crippen LogP contribution >= 0.6 is 0 Å². The smallest absolute Gasteiger partial charge is 0.375 e. The number of rotatable bonds is 6. The van der Waals surface area contributed by atoms with E-state index in [9.17, 15) is 17.6 Å². The molecule has 107 valence electrons. The van der Waals surface area contributed by atoms with Gasteiger partial charge in [-0.15, -0.1) is 0 Å². The lowest BCUT2D eigenvalue weighted by Crippen LogP contribution is -2.30. The van der Waals surface area contributed by atoms with Gasteiger partial charge in [-0.2, -0.15) is 0 Å². The largest absolute Gasteiger partial charge is 0.577 e. The van der Waals surface area contributed by atoms with Crippen molar-refractivity contribution in [1.82, 2.24) is 0 Å². The Bertz CT molecular complexity index is 440. The van der Waals surface area contributed by atoms with Gasteiger partial charge >= 0.3 is 9.53 Å². The summed E-state index contributed by atoms with van der Waals surface area (Å²) in [7, 11) is 0.788.